The van der Waals surface area contributed by atoms with Crippen LogP contribution in [0, 0.1) is 10.1 Å². The van der Waals surface area contributed by atoms with Crippen molar-refractivity contribution in [3.05, 3.63) is 75.3 Å². The zero-order chi connectivity index (χ0) is 17.5. The van der Waals surface area contributed by atoms with Crippen molar-refractivity contribution in [2.24, 2.45) is 0 Å². The van der Waals surface area contributed by atoms with E-state index in [1.54, 1.807) is 43.4 Å². The molecule has 0 aliphatic heterocycles. The normalized spacial score (nSPS) is 10.0. The van der Waals surface area contributed by atoms with Gasteiger partial charge in [-0.05, 0) is 23.3 Å². The van der Waals surface area contributed by atoms with Crippen LogP contribution < -0.4 is 10.6 Å². The Bertz CT molecular complexity index is 739. The van der Waals surface area contributed by atoms with Crippen LogP contribution in [0.1, 0.15) is 21.5 Å². The summed E-state index contributed by atoms with van der Waals surface area (Å²) in [6, 6.07) is 12.8. The van der Waals surface area contributed by atoms with Gasteiger partial charge in [-0.2, -0.15) is 0 Å². The van der Waals surface area contributed by atoms with Crippen LogP contribution in [-0.2, 0) is 17.8 Å². The SMILES string of the molecule is CNC(=O)c1ccc(CNC(=O)Cc2ccc([N+](=O)[O-])cc2)cc1. The van der Waals surface area contributed by atoms with Gasteiger partial charge in [-0.25, -0.2) is 0 Å². The molecule has 0 atom stereocenters. The fourth-order valence-corrected chi connectivity index (χ4v) is 2.10. The van der Waals surface area contributed by atoms with Gasteiger partial charge in [0.1, 0.15) is 0 Å². The maximum Gasteiger partial charge on any atom is 0.269 e. The van der Waals surface area contributed by atoms with Gasteiger partial charge in [0.05, 0.1) is 11.3 Å². The Morgan fingerprint density at radius 1 is 1.00 bits per heavy atom. The van der Waals surface area contributed by atoms with Crippen LogP contribution >= 0.6 is 0 Å². The molecule has 0 radical (unpaired) electrons. The van der Waals surface area contributed by atoms with Gasteiger partial charge in [0, 0.05) is 31.3 Å². The topological polar surface area (TPSA) is 101 Å². The number of carbonyl (C=O) groups is 2. The Morgan fingerprint density at radius 3 is 2.12 bits per heavy atom. The number of nitro benzene ring substituents is 1. The maximum absolute atomic E-state index is 11.9. The molecule has 2 aromatic rings. The van der Waals surface area contributed by atoms with Crippen LogP contribution in [0.2, 0.25) is 0 Å². The highest BCUT2D eigenvalue weighted by Gasteiger charge is 2.08. The number of hydrogen-bond donors (Lipinski definition) is 2. The second kappa shape index (κ2) is 7.87. The third-order valence-corrected chi connectivity index (χ3v) is 3.44. The second-order valence-electron chi connectivity index (χ2n) is 5.15. The Labute approximate surface area is 138 Å². The number of non-ortho nitro benzene ring substituents is 1. The number of carbonyl (C=O) groups excluding carboxylic acids is 2. The van der Waals surface area contributed by atoms with Gasteiger partial charge in [0.2, 0.25) is 5.91 Å². The highest BCUT2D eigenvalue weighted by Crippen LogP contribution is 2.12. The Hall–Kier alpha value is -3.22. The van der Waals surface area contributed by atoms with Gasteiger partial charge in [-0.3, -0.25) is 19.7 Å². The van der Waals surface area contributed by atoms with Gasteiger partial charge >= 0.3 is 0 Å². The van der Waals surface area contributed by atoms with E-state index in [0.29, 0.717) is 17.7 Å². The van der Waals surface area contributed by atoms with E-state index in [9.17, 15) is 19.7 Å². The molecule has 2 rings (SSSR count). The van der Waals surface area contributed by atoms with Crippen molar-refractivity contribution in [2.45, 2.75) is 13.0 Å². The minimum absolute atomic E-state index is 0.00429. The lowest BCUT2D eigenvalue weighted by Crippen LogP contribution is -2.24. The van der Waals surface area contributed by atoms with Crippen molar-refractivity contribution in [1.29, 1.82) is 0 Å². The summed E-state index contributed by atoms with van der Waals surface area (Å²) in [5.74, 6) is -0.344. The lowest BCUT2D eigenvalue weighted by molar-refractivity contribution is -0.384. The van der Waals surface area contributed by atoms with Crippen LogP contribution in [0.25, 0.3) is 0 Å². The summed E-state index contributed by atoms with van der Waals surface area (Å²) in [5, 5.41) is 15.9. The standard InChI is InChI=1S/C17H17N3O4/c1-18-17(22)14-6-2-13(3-7-14)11-19-16(21)10-12-4-8-15(9-5-12)20(23)24/h2-9H,10-11H2,1H3,(H,18,22)(H,19,21). The average Bonchev–Trinajstić information content (AvgIpc) is 2.60. The molecule has 0 aliphatic rings. The number of rotatable bonds is 6. The van der Waals surface area contributed by atoms with E-state index in [4.69, 9.17) is 0 Å². The average molecular weight is 327 g/mol. The predicted octanol–water partition coefficient (Wildman–Crippen LogP) is 1.81. The molecule has 24 heavy (non-hydrogen) atoms. The number of nitrogens with zero attached hydrogens (tertiary/aromatic N) is 1. The molecule has 0 unspecified atom stereocenters. The summed E-state index contributed by atoms with van der Waals surface area (Å²) in [4.78, 5) is 33.5. The quantitative estimate of drug-likeness (QED) is 0.624. The van der Waals surface area contributed by atoms with Gasteiger partial charge in [0.15, 0.2) is 0 Å². The van der Waals surface area contributed by atoms with Crippen LogP contribution in [-0.4, -0.2) is 23.8 Å². The van der Waals surface area contributed by atoms with E-state index in [1.165, 1.54) is 12.1 Å². The molecule has 0 saturated heterocycles. The summed E-state index contributed by atoms with van der Waals surface area (Å²) in [5.41, 5.74) is 2.13. The molecule has 0 saturated carbocycles. The molecule has 2 aromatic carbocycles. The molecule has 2 amide bonds. The smallest absolute Gasteiger partial charge is 0.269 e. The van der Waals surface area contributed by atoms with E-state index in [1.807, 2.05) is 0 Å². The van der Waals surface area contributed by atoms with Crippen molar-refractivity contribution < 1.29 is 14.5 Å². The van der Waals surface area contributed by atoms with Gasteiger partial charge in [0.25, 0.3) is 11.6 Å². The predicted molar refractivity (Wildman–Crippen MR) is 88.5 cm³/mol. The molecule has 0 bridgehead atoms. The molecule has 0 aliphatic carbocycles. The van der Waals surface area contributed by atoms with Gasteiger partial charge in [-0.15, -0.1) is 0 Å². The lowest BCUT2D eigenvalue weighted by atomic mass is 10.1. The highest BCUT2D eigenvalue weighted by atomic mass is 16.6. The number of benzene rings is 2. The molecular weight excluding hydrogens is 310 g/mol. The summed E-state index contributed by atoms with van der Waals surface area (Å²) in [6.07, 6.45) is 0.147. The van der Waals surface area contributed by atoms with Crippen LogP contribution in [0.15, 0.2) is 48.5 Å². The fraction of sp³-hybridized carbons (Fsp3) is 0.176. The lowest BCUT2D eigenvalue weighted by Gasteiger charge is -2.06. The summed E-state index contributed by atoms with van der Waals surface area (Å²) in [7, 11) is 1.56. The van der Waals surface area contributed by atoms with E-state index in [2.05, 4.69) is 10.6 Å². The van der Waals surface area contributed by atoms with Gasteiger partial charge in [-0.1, -0.05) is 24.3 Å². The van der Waals surface area contributed by atoms with Crippen LogP contribution in [0.4, 0.5) is 5.69 Å². The first-order chi connectivity index (χ1) is 11.5. The Morgan fingerprint density at radius 2 is 1.58 bits per heavy atom. The number of nitro groups is 1. The summed E-state index contributed by atoms with van der Waals surface area (Å²) in [6.45, 7) is 0.347. The molecule has 0 heterocycles. The third-order valence-electron chi connectivity index (χ3n) is 3.44. The minimum atomic E-state index is -0.480. The molecule has 124 valence electrons. The number of amides is 2. The summed E-state index contributed by atoms with van der Waals surface area (Å²) >= 11 is 0. The first-order valence-corrected chi connectivity index (χ1v) is 7.30. The monoisotopic (exact) mass is 327 g/mol. The molecule has 0 aromatic heterocycles. The van der Waals surface area contributed by atoms with Crippen molar-refractivity contribution in [3.63, 3.8) is 0 Å². The minimum Gasteiger partial charge on any atom is -0.355 e. The Balaban J connectivity index is 1.86. The molecule has 7 heteroatoms. The third kappa shape index (κ3) is 4.64. The van der Waals surface area contributed by atoms with E-state index in [-0.39, 0.29) is 23.9 Å². The van der Waals surface area contributed by atoms with Crippen molar-refractivity contribution in [3.8, 4) is 0 Å². The van der Waals surface area contributed by atoms with E-state index in [0.717, 1.165) is 5.56 Å². The van der Waals surface area contributed by atoms with Crippen LogP contribution in [0.5, 0.6) is 0 Å². The zero-order valence-electron chi connectivity index (χ0n) is 13.1. The second-order valence-corrected chi connectivity index (χ2v) is 5.15. The van der Waals surface area contributed by atoms with Crippen LogP contribution in [0.3, 0.4) is 0 Å². The van der Waals surface area contributed by atoms with E-state index < -0.39 is 4.92 Å². The zero-order valence-corrected chi connectivity index (χ0v) is 13.1. The molecule has 2 N–H and O–H groups in total. The molecular formula is C17H17N3O4. The van der Waals surface area contributed by atoms with Crippen molar-refractivity contribution in [1.82, 2.24) is 10.6 Å². The van der Waals surface area contributed by atoms with Crippen molar-refractivity contribution >= 4 is 17.5 Å². The fourth-order valence-electron chi connectivity index (χ4n) is 2.10. The number of hydrogen-bond acceptors (Lipinski definition) is 4. The molecule has 0 fully saturated rings. The Kier molecular flexibility index (Phi) is 5.62. The largest absolute Gasteiger partial charge is 0.355 e. The number of nitrogens with one attached hydrogen (secondary N) is 2. The molecule has 0 spiro atoms. The molecule has 7 nitrogen and oxygen atoms in total. The first kappa shape index (κ1) is 17.1. The van der Waals surface area contributed by atoms with E-state index >= 15 is 0 Å². The van der Waals surface area contributed by atoms with Crippen molar-refractivity contribution in [2.75, 3.05) is 7.05 Å². The maximum atomic E-state index is 11.9. The van der Waals surface area contributed by atoms with Gasteiger partial charge < -0.3 is 10.6 Å². The summed E-state index contributed by atoms with van der Waals surface area (Å²) < 4.78 is 0. The first-order valence-electron chi connectivity index (χ1n) is 7.30. The highest BCUT2D eigenvalue weighted by molar-refractivity contribution is 5.93.